The Morgan fingerprint density at radius 3 is 2.45 bits per heavy atom. The maximum absolute atomic E-state index is 12.7. The van der Waals surface area contributed by atoms with Crippen molar-refractivity contribution in [1.29, 1.82) is 0 Å². The summed E-state index contributed by atoms with van der Waals surface area (Å²) < 4.78 is 32.6. The minimum atomic E-state index is -3.47. The number of ether oxygens (including phenoxy) is 1. The summed E-state index contributed by atoms with van der Waals surface area (Å²) in [5.74, 6) is 0.423. The minimum Gasteiger partial charge on any atom is -0.492 e. The molecule has 1 N–H and O–H groups in total. The molecular weight excluding hydrogens is 436 g/mol. The number of amides is 1. The third-order valence-corrected chi connectivity index (χ3v) is 7.71. The van der Waals surface area contributed by atoms with E-state index >= 15 is 0 Å². The zero-order chi connectivity index (χ0) is 22.3. The minimum absolute atomic E-state index is 0.0481. The lowest BCUT2D eigenvalue weighted by Gasteiger charge is -2.30. The van der Waals surface area contributed by atoms with Crippen molar-refractivity contribution in [2.24, 2.45) is 5.92 Å². The molecule has 168 valence electrons. The van der Waals surface area contributed by atoms with E-state index in [9.17, 15) is 13.2 Å². The first-order valence-corrected chi connectivity index (χ1v) is 12.6. The van der Waals surface area contributed by atoms with Crippen LogP contribution in [0.4, 0.5) is 0 Å². The molecule has 0 spiro atoms. The maximum atomic E-state index is 12.7. The molecule has 0 unspecified atom stereocenters. The molecule has 2 aromatic carbocycles. The number of nitrogens with zero attached hydrogens (tertiary/aromatic N) is 1. The molecule has 1 aliphatic rings. The van der Waals surface area contributed by atoms with E-state index in [0.717, 1.165) is 12.2 Å². The molecule has 31 heavy (non-hydrogen) atoms. The van der Waals surface area contributed by atoms with Crippen molar-refractivity contribution in [2.75, 3.05) is 26.2 Å². The third-order valence-electron chi connectivity index (χ3n) is 5.52. The van der Waals surface area contributed by atoms with E-state index in [1.54, 1.807) is 24.3 Å². The summed E-state index contributed by atoms with van der Waals surface area (Å²) in [4.78, 5) is 12.4. The largest absolute Gasteiger partial charge is 0.492 e. The smallest absolute Gasteiger partial charge is 0.223 e. The second-order valence-corrected chi connectivity index (χ2v) is 10.0. The van der Waals surface area contributed by atoms with Crippen LogP contribution in [0, 0.1) is 5.92 Å². The number of benzene rings is 2. The number of piperidine rings is 1. The zero-order valence-corrected chi connectivity index (χ0v) is 19.3. The van der Waals surface area contributed by atoms with Crippen molar-refractivity contribution in [3.8, 4) is 5.75 Å². The van der Waals surface area contributed by atoms with E-state index in [0.29, 0.717) is 49.7 Å². The van der Waals surface area contributed by atoms with Crippen molar-refractivity contribution in [3.05, 3.63) is 64.7 Å². The lowest BCUT2D eigenvalue weighted by molar-refractivity contribution is -0.126. The summed E-state index contributed by atoms with van der Waals surface area (Å²) in [5.41, 5.74) is 1.84. The fraction of sp³-hybridized carbons (Fsp3) is 0.435. The molecule has 0 saturated carbocycles. The maximum Gasteiger partial charge on any atom is 0.223 e. The molecule has 1 saturated heterocycles. The van der Waals surface area contributed by atoms with E-state index in [4.69, 9.17) is 16.3 Å². The van der Waals surface area contributed by atoms with Crippen LogP contribution in [-0.2, 0) is 27.0 Å². The molecule has 0 radical (unpaired) electrons. The molecular formula is C23H29ClN2O4S. The molecule has 8 heteroatoms. The van der Waals surface area contributed by atoms with Crippen LogP contribution in [0.25, 0.3) is 0 Å². The Morgan fingerprint density at radius 1 is 1.13 bits per heavy atom. The highest BCUT2D eigenvalue weighted by molar-refractivity contribution is 7.88. The highest BCUT2D eigenvalue weighted by atomic mass is 35.5. The van der Waals surface area contributed by atoms with Crippen LogP contribution in [0.1, 0.15) is 30.9 Å². The molecule has 0 atom stereocenters. The summed E-state index contributed by atoms with van der Waals surface area (Å²) >= 11 is 6.10. The predicted octanol–water partition coefficient (Wildman–Crippen LogP) is 3.64. The summed E-state index contributed by atoms with van der Waals surface area (Å²) in [5, 5.41) is 3.34. The lowest BCUT2D eigenvalue weighted by Crippen LogP contribution is -2.43. The molecule has 6 nitrogen and oxygen atoms in total. The Hall–Kier alpha value is -2.09. The fourth-order valence-corrected chi connectivity index (χ4v) is 5.48. The average molecular weight is 465 g/mol. The number of carbonyl (C=O) groups excluding carboxylic acids is 1. The summed E-state index contributed by atoms with van der Waals surface area (Å²) in [7, 11) is -3.47. The van der Waals surface area contributed by atoms with E-state index in [1.807, 2.05) is 24.3 Å². The van der Waals surface area contributed by atoms with Gasteiger partial charge in [0, 0.05) is 24.0 Å². The van der Waals surface area contributed by atoms with Gasteiger partial charge >= 0.3 is 0 Å². The molecule has 1 aliphatic heterocycles. The first-order chi connectivity index (χ1) is 14.9. The monoisotopic (exact) mass is 464 g/mol. The number of sulfonamides is 1. The first kappa shape index (κ1) is 23.6. The molecule has 0 bridgehead atoms. The Kier molecular flexibility index (Phi) is 8.35. The quantitative estimate of drug-likeness (QED) is 0.575. The normalized spacial score (nSPS) is 15.5. The Bertz CT molecular complexity index is 971. The number of hydrogen-bond donors (Lipinski definition) is 1. The Labute approximate surface area is 189 Å². The Balaban J connectivity index is 1.40. The van der Waals surface area contributed by atoms with Gasteiger partial charge in [-0.05, 0) is 48.6 Å². The van der Waals surface area contributed by atoms with E-state index < -0.39 is 10.0 Å². The van der Waals surface area contributed by atoms with Crippen LogP contribution >= 0.6 is 11.6 Å². The van der Waals surface area contributed by atoms with Crippen molar-refractivity contribution < 1.29 is 17.9 Å². The SMILES string of the molecule is CCc1ccc(OCCNC(=O)C2CCN(S(=O)(=O)Cc3ccccc3Cl)CC2)cc1. The van der Waals surface area contributed by atoms with Crippen LogP contribution in [0.2, 0.25) is 5.02 Å². The van der Waals surface area contributed by atoms with Gasteiger partial charge in [-0.15, -0.1) is 0 Å². The van der Waals surface area contributed by atoms with Crippen LogP contribution in [0.15, 0.2) is 48.5 Å². The lowest BCUT2D eigenvalue weighted by atomic mass is 9.97. The number of nitrogens with one attached hydrogen (secondary N) is 1. The van der Waals surface area contributed by atoms with Crippen LogP contribution in [-0.4, -0.2) is 44.9 Å². The van der Waals surface area contributed by atoms with Crippen molar-refractivity contribution >= 4 is 27.5 Å². The average Bonchev–Trinajstić information content (AvgIpc) is 2.78. The third kappa shape index (κ3) is 6.69. The number of rotatable bonds is 9. The standard InChI is InChI=1S/C23H29ClN2O4S/c1-2-18-7-9-21(10-8-18)30-16-13-25-23(27)19-11-14-26(15-12-19)31(28,29)17-20-5-3-4-6-22(20)24/h3-10,19H,2,11-17H2,1H3,(H,25,27). The van der Waals surface area contributed by atoms with Gasteiger partial charge in [-0.25, -0.2) is 12.7 Å². The molecule has 0 aromatic heterocycles. The van der Waals surface area contributed by atoms with Crippen molar-refractivity contribution in [3.63, 3.8) is 0 Å². The van der Waals surface area contributed by atoms with Gasteiger partial charge in [0.2, 0.25) is 15.9 Å². The van der Waals surface area contributed by atoms with Gasteiger partial charge in [-0.1, -0.05) is 48.9 Å². The topological polar surface area (TPSA) is 75.7 Å². The zero-order valence-electron chi connectivity index (χ0n) is 17.7. The van der Waals surface area contributed by atoms with Gasteiger partial charge in [-0.3, -0.25) is 4.79 Å². The van der Waals surface area contributed by atoms with Crippen LogP contribution in [0.3, 0.4) is 0 Å². The molecule has 3 rings (SSSR count). The van der Waals surface area contributed by atoms with Gasteiger partial charge in [0.1, 0.15) is 12.4 Å². The molecule has 1 amide bonds. The first-order valence-electron chi connectivity index (χ1n) is 10.6. The Morgan fingerprint density at radius 2 is 1.81 bits per heavy atom. The molecule has 2 aromatic rings. The van der Waals surface area contributed by atoms with E-state index in [1.165, 1.54) is 9.87 Å². The molecule has 1 heterocycles. The molecule has 1 fully saturated rings. The predicted molar refractivity (Wildman–Crippen MR) is 123 cm³/mol. The van der Waals surface area contributed by atoms with Gasteiger partial charge in [0.15, 0.2) is 0 Å². The van der Waals surface area contributed by atoms with E-state index in [-0.39, 0.29) is 17.6 Å². The van der Waals surface area contributed by atoms with Gasteiger partial charge in [0.25, 0.3) is 0 Å². The van der Waals surface area contributed by atoms with Gasteiger partial charge < -0.3 is 10.1 Å². The number of aryl methyl sites for hydroxylation is 1. The second kappa shape index (κ2) is 11.0. The highest BCUT2D eigenvalue weighted by Gasteiger charge is 2.31. The van der Waals surface area contributed by atoms with Crippen LogP contribution in [0.5, 0.6) is 5.75 Å². The summed E-state index contributed by atoms with van der Waals surface area (Å²) in [6, 6.07) is 14.9. The van der Waals surface area contributed by atoms with Gasteiger partial charge in [-0.2, -0.15) is 0 Å². The van der Waals surface area contributed by atoms with E-state index in [2.05, 4.69) is 12.2 Å². The van der Waals surface area contributed by atoms with Gasteiger partial charge in [0.05, 0.1) is 12.3 Å². The molecule has 0 aliphatic carbocycles. The second-order valence-electron chi connectivity index (χ2n) is 7.66. The number of halogens is 1. The number of hydrogen-bond acceptors (Lipinski definition) is 4. The van der Waals surface area contributed by atoms with Crippen molar-refractivity contribution in [1.82, 2.24) is 9.62 Å². The highest BCUT2D eigenvalue weighted by Crippen LogP contribution is 2.24. The van der Waals surface area contributed by atoms with Crippen molar-refractivity contribution in [2.45, 2.75) is 31.9 Å². The number of carbonyl (C=O) groups is 1. The van der Waals surface area contributed by atoms with Crippen LogP contribution < -0.4 is 10.1 Å². The fourth-order valence-electron chi connectivity index (χ4n) is 3.61. The summed E-state index contributed by atoms with van der Waals surface area (Å²) in [6.07, 6.45) is 2.00. The summed E-state index contributed by atoms with van der Waals surface area (Å²) in [6.45, 7) is 3.59.